The molecular weight excluding hydrogens is 250 g/mol. The van der Waals surface area contributed by atoms with Gasteiger partial charge < -0.3 is 10.2 Å². The molecule has 0 radical (unpaired) electrons. The van der Waals surface area contributed by atoms with E-state index >= 15 is 0 Å². The van der Waals surface area contributed by atoms with Crippen molar-refractivity contribution in [1.82, 2.24) is 10.2 Å². The molecule has 0 spiro atoms. The van der Waals surface area contributed by atoms with Gasteiger partial charge in [0.25, 0.3) is 0 Å². The van der Waals surface area contributed by atoms with Crippen LogP contribution >= 0.6 is 0 Å². The first kappa shape index (κ1) is 14.5. The Morgan fingerprint density at radius 1 is 1.25 bits per heavy atom. The van der Waals surface area contributed by atoms with Crippen LogP contribution in [0.25, 0.3) is 0 Å². The number of nitrogens with one attached hydrogen (secondary N) is 1. The molecule has 1 saturated heterocycles. The maximum absolute atomic E-state index is 12.1. The Kier molecular flexibility index (Phi) is 5.57. The van der Waals surface area contributed by atoms with Gasteiger partial charge in [0.15, 0.2) is 0 Å². The average molecular weight is 271 g/mol. The van der Waals surface area contributed by atoms with E-state index in [-0.39, 0.29) is 5.91 Å². The van der Waals surface area contributed by atoms with E-state index in [1.165, 1.54) is 19.3 Å². The van der Waals surface area contributed by atoms with Crippen molar-refractivity contribution in [3.05, 3.63) is 35.9 Å². The number of nitriles is 1. The topological polar surface area (TPSA) is 56.1 Å². The predicted molar refractivity (Wildman–Crippen MR) is 78.1 cm³/mol. The minimum atomic E-state index is -0.711. The molecule has 1 atom stereocenters. The van der Waals surface area contributed by atoms with Crippen LogP contribution in [0, 0.1) is 11.3 Å². The number of amides is 1. The number of carbonyl (C=O) groups excluding carboxylic acids is 1. The number of benzene rings is 1. The van der Waals surface area contributed by atoms with Crippen LogP contribution in [-0.4, -0.2) is 37.0 Å². The first-order valence-electron chi connectivity index (χ1n) is 7.26. The quantitative estimate of drug-likeness (QED) is 0.890. The largest absolute Gasteiger partial charge is 0.353 e. The Bertz CT molecular complexity index is 460. The summed E-state index contributed by atoms with van der Waals surface area (Å²) in [5, 5.41) is 12.1. The zero-order valence-corrected chi connectivity index (χ0v) is 11.7. The van der Waals surface area contributed by atoms with Gasteiger partial charge in [0.1, 0.15) is 5.92 Å². The van der Waals surface area contributed by atoms with Crippen molar-refractivity contribution in [3.63, 3.8) is 0 Å². The van der Waals surface area contributed by atoms with Crippen LogP contribution in [0.2, 0.25) is 0 Å². The van der Waals surface area contributed by atoms with E-state index in [1.807, 2.05) is 30.3 Å². The second-order valence-electron chi connectivity index (χ2n) is 5.17. The Hall–Kier alpha value is -1.86. The van der Waals surface area contributed by atoms with E-state index in [9.17, 15) is 10.1 Å². The van der Waals surface area contributed by atoms with Gasteiger partial charge in [0.05, 0.1) is 6.07 Å². The second kappa shape index (κ2) is 7.66. The number of hydrogen-bond donors (Lipinski definition) is 1. The lowest BCUT2D eigenvalue weighted by Gasteiger charge is -2.26. The highest BCUT2D eigenvalue weighted by atomic mass is 16.1. The minimum Gasteiger partial charge on any atom is -0.353 e. The minimum absolute atomic E-state index is 0.198. The highest BCUT2D eigenvalue weighted by Crippen LogP contribution is 2.14. The van der Waals surface area contributed by atoms with Gasteiger partial charge in [-0.15, -0.1) is 0 Å². The maximum Gasteiger partial charge on any atom is 0.241 e. The third kappa shape index (κ3) is 4.07. The van der Waals surface area contributed by atoms with Crippen LogP contribution in [-0.2, 0) is 4.79 Å². The third-order valence-electron chi connectivity index (χ3n) is 3.70. The summed E-state index contributed by atoms with van der Waals surface area (Å²) in [6.45, 7) is 3.73. The standard InChI is InChI=1S/C16H21N3O/c17-13-15(14-7-3-1-4-8-14)16(20)18-9-12-19-10-5-2-6-11-19/h1,3-4,7-8,15H,2,5-6,9-12H2,(H,18,20). The van der Waals surface area contributed by atoms with Gasteiger partial charge in [-0.3, -0.25) is 4.79 Å². The summed E-state index contributed by atoms with van der Waals surface area (Å²) in [4.78, 5) is 14.4. The van der Waals surface area contributed by atoms with Crippen molar-refractivity contribution in [2.75, 3.05) is 26.2 Å². The molecular formula is C16H21N3O. The Balaban J connectivity index is 1.80. The summed E-state index contributed by atoms with van der Waals surface area (Å²) in [6.07, 6.45) is 3.81. The Morgan fingerprint density at radius 2 is 1.95 bits per heavy atom. The van der Waals surface area contributed by atoms with Crippen LogP contribution in [0.1, 0.15) is 30.7 Å². The molecule has 0 saturated carbocycles. The molecule has 0 aromatic heterocycles. The summed E-state index contributed by atoms with van der Waals surface area (Å²) in [7, 11) is 0. The van der Waals surface area contributed by atoms with Gasteiger partial charge in [0, 0.05) is 13.1 Å². The van der Waals surface area contributed by atoms with Crippen molar-refractivity contribution in [2.24, 2.45) is 0 Å². The molecule has 1 unspecified atom stereocenters. The molecule has 1 aromatic carbocycles. The summed E-state index contributed by atoms with van der Waals surface area (Å²) in [5.74, 6) is -0.909. The molecule has 1 amide bonds. The van der Waals surface area contributed by atoms with E-state index in [0.717, 1.165) is 25.2 Å². The molecule has 20 heavy (non-hydrogen) atoms. The molecule has 1 aliphatic rings. The number of nitrogens with zero attached hydrogens (tertiary/aromatic N) is 2. The summed E-state index contributed by atoms with van der Waals surface area (Å²) in [6, 6.07) is 11.3. The van der Waals surface area contributed by atoms with Crippen LogP contribution in [0.4, 0.5) is 0 Å². The summed E-state index contributed by atoms with van der Waals surface area (Å²) >= 11 is 0. The molecule has 1 aromatic rings. The van der Waals surface area contributed by atoms with Crippen molar-refractivity contribution >= 4 is 5.91 Å². The number of likely N-dealkylation sites (tertiary alicyclic amines) is 1. The lowest BCUT2D eigenvalue weighted by Crippen LogP contribution is -2.39. The van der Waals surface area contributed by atoms with Gasteiger partial charge in [0.2, 0.25) is 5.91 Å². The van der Waals surface area contributed by atoms with Crippen LogP contribution in [0.15, 0.2) is 30.3 Å². The lowest BCUT2D eigenvalue weighted by atomic mass is 10.00. The van der Waals surface area contributed by atoms with Crippen LogP contribution in [0.5, 0.6) is 0 Å². The van der Waals surface area contributed by atoms with Gasteiger partial charge in [-0.1, -0.05) is 36.8 Å². The zero-order valence-electron chi connectivity index (χ0n) is 11.7. The Morgan fingerprint density at radius 3 is 2.60 bits per heavy atom. The third-order valence-corrected chi connectivity index (χ3v) is 3.70. The first-order valence-corrected chi connectivity index (χ1v) is 7.26. The number of hydrogen-bond acceptors (Lipinski definition) is 3. The molecule has 4 nitrogen and oxygen atoms in total. The Labute approximate surface area is 120 Å². The number of carbonyl (C=O) groups is 1. The molecule has 1 aliphatic heterocycles. The summed E-state index contributed by atoms with van der Waals surface area (Å²) < 4.78 is 0. The van der Waals surface area contributed by atoms with Gasteiger partial charge >= 0.3 is 0 Å². The zero-order chi connectivity index (χ0) is 14.2. The predicted octanol–water partition coefficient (Wildman–Crippen LogP) is 1.90. The lowest BCUT2D eigenvalue weighted by molar-refractivity contribution is -0.121. The normalized spacial score (nSPS) is 17.1. The summed E-state index contributed by atoms with van der Waals surface area (Å²) in [5.41, 5.74) is 0.755. The maximum atomic E-state index is 12.1. The first-order chi connectivity index (χ1) is 9.81. The molecule has 0 bridgehead atoms. The molecule has 1 fully saturated rings. The van der Waals surface area contributed by atoms with Crippen molar-refractivity contribution in [3.8, 4) is 6.07 Å². The number of rotatable bonds is 5. The number of piperidine rings is 1. The van der Waals surface area contributed by atoms with Crippen molar-refractivity contribution in [2.45, 2.75) is 25.2 Å². The monoisotopic (exact) mass is 271 g/mol. The van der Waals surface area contributed by atoms with E-state index in [4.69, 9.17) is 0 Å². The SMILES string of the molecule is N#CC(C(=O)NCCN1CCCCC1)c1ccccc1. The van der Waals surface area contributed by atoms with E-state index < -0.39 is 5.92 Å². The highest BCUT2D eigenvalue weighted by Gasteiger charge is 2.19. The van der Waals surface area contributed by atoms with Gasteiger partial charge in [-0.05, 0) is 31.5 Å². The molecule has 2 rings (SSSR count). The van der Waals surface area contributed by atoms with Crippen molar-refractivity contribution < 1.29 is 4.79 Å². The molecule has 106 valence electrons. The van der Waals surface area contributed by atoms with E-state index in [2.05, 4.69) is 16.3 Å². The van der Waals surface area contributed by atoms with Crippen molar-refractivity contribution in [1.29, 1.82) is 5.26 Å². The van der Waals surface area contributed by atoms with Crippen LogP contribution in [0.3, 0.4) is 0 Å². The van der Waals surface area contributed by atoms with E-state index in [0.29, 0.717) is 6.54 Å². The second-order valence-corrected chi connectivity index (χ2v) is 5.17. The average Bonchev–Trinajstić information content (AvgIpc) is 2.50. The smallest absolute Gasteiger partial charge is 0.241 e. The molecule has 1 N–H and O–H groups in total. The van der Waals surface area contributed by atoms with Crippen LogP contribution < -0.4 is 5.32 Å². The van der Waals surface area contributed by atoms with E-state index in [1.54, 1.807) is 0 Å². The fraction of sp³-hybridized carbons (Fsp3) is 0.500. The fourth-order valence-corrected chi connectivity index (χ4v) is 2.55. The van der Waals surface area contributed by atoms with Gasteiger partial charge in [-0.2, -0.15) is 5.26 Å². The molecule has 4 heteroatoms. The van der Waals surface area contributed by atoms with Gasteiger partial charge in [-0.25, -0.2) is 0 Å². The fourth-order valence-electron chi connectivity index (χ4n) is 2.55. The highest BCUT2D eigenvalue weighted by molar-refractivity contribution is 5.86. The molecule has 1 heterocycles. The molecule has 0 aliphatic carbocycles.